The number of nitrogens with one attached hydrogen (secondary N) is 1. The standard InChI is InChI=1S/C25H28N4O4.C24H27N3O5.C6H6N.BrH.Mg/c1-13-5-4-6-20(26-13)25(32,21(31)9-10-30)18-11-17(22-14(2)29-33-15(22)3)12-19-23(18)28-24(27-19)16-7-8-16;1-12-19(13(2)32-26-12)15-10-16(21(28)18-8-9-30-18)20-17(11-15)27(22(25-20)14-6-7-14)23(29)31-24(3,4)5;1-6-4-2-3-5-7-6;;/h4-6,11-12,16,21,30-32H,7-10H2,1-3H3,(H,27,28);10-11,14,18H,6-9H2,1-5H3;2-4H,1H3;1H;/q;;-1;;+2/p-1. The monoisotopic (exact) mass is 1080 g/mol. The molecule has 8 aromatic rings. The maximum atomic E-state index is 13.3. The Labute approximate surface area is 455 Å². The SMILES string of the molecule is Cc1ccc[c-]n1.Cc1cccc(C(O)(c2cc(-c3c(C)noc3C)cc3[nH]c(C4CC4)nc23)C(O)CCO)n1.Cc1noc(C)c1-c1cc(C(=O)C2CCO2)c2nc(C3CC3)n(C(=O)OC(C)(C)C)c2c1.[Br-].[Mg+2]. The molecule has 3 atom stereocenters. The summed E-state index contributed by atoms with van der Waals surface area (Å²) in [5.74, 6) is 3.26. The smallest absolute Gasteiger partial charge is 1.00 e. The molecule has 6 aromatic heterocycles. The van der Waals surface area contributed by atoms with Crippen LogP contribution in [-0.4, -0.2) is 121 Å². The molecular weight excluding hydrogens is 1020 g/mol. The number of Topliss-reactive ketones (excluding diaryl/α,β-unsaturated/α-hetero) is 1. The Hall–Kier alpha value is -5.67. The summed E-state index contributed by atoms with van der Waals surface area (Å²) in [7, 11) is 0. The molecule has 1 saturated heterocycles. The van der Waals surface area contributed by atoms with Crippen LogP contribution in [-0.2, 0) is 15.1 Å². The van der Waals surface area contributed by atoms with Gasteiger partial charge < -0.3 is 60.8 Å². The number of aryl methyl sites for hydroxylation is 6. The van der Waals surface area contributed by atoms with Gasteiger partial charge in [0.15, 0.2) is 11.4 Å². The first-order chi connectivity index (χ1) is 34.4. The minimum absolute atomic E-state index is 0. The Kier molecular flexibility index (Phi) is 17.2. The number of hydrogen-bond donors (Lipinski definition) is 4. The summed E-state index contributed by atoms with van der Waals surface area (Å²) in [5.41, 5.74) is 7.38. The molecule has 19 heteroatoms. The number of rotatable bonds is 11. The molecule has 3 unspecified atom stereocenters. The molecule has 1 aliphatic heterocycles. The first-order valence-corrected chi connectivity index (χ1v) is 24.5. The van der Waals surface area contributed by atoms with E-state index in [0.29, 0.717) is 81.0 Å². The van der Waals surface area contributed by atoms with Gasteiger partial charge in [-0.25, -0.2) is 19.3 Å². The third kappa shape index (κ3) is 11.6. The zero-order valence-corrected chi connectivity index (χ0v) is 46.2. The van der Waals surface area contributed by atoms with E-state index in [4.69, 9.17) is 28.5 Å². The van der Waals surface area contributed by atoms with Crippen molar-refractivity contribution >= 4 is 57.0 Å². The fourth-order valence-electron chi connectivity index (χ4n) is 9.15. The van der Waals surface area contributed by atoms with Crippen LogP contribution in [0.3, 0.4) is 0 Å². The molecule has 2 saturated carbocycles. The summed E-state index contributed by atoms with van der Waals surface area (Å²) in [5, 5.41) is 41.1. The molecule has 17 nitrogen and oxygen atoms in total. The van der Waals surface area contributed by atoms with Crippen LogP contribution in [0.2, 0.25) is 0 Å². The number of imidazole rings is 2. The predicted octanol–water partition coefficient (Wildman–Crippen LogP) is 6.15. The number of nitrogens with zero attached hydrogens (tertiary/aromatic N) is 7. The maximum absolute atomic E-state index is 13.3. The zero-order valence-electron chi connectivity index (χ0n) is 43.2. The number of carbonyl (C=O) groups is 2. The summed E-state index contributed by atoms with van der Waals surface area (Å²) in [6.45, 7) is 17.0. The zero-order chi connectivity index (χ0) is 51.2. The van der Waals surface area contributed by atoms with Crippen molar-refractivity contribution in [2.75, 3.05) is 13.2 Å². The molecule has 0 bridgehead atoms. The van der Waals surface area contributed by atoms with Gasteiger partial charge in [-0.05, 0) is 135 Å². The Morgan fingerprint density at radius 1 is 0.838 bits per heavy atom. The van der Waals surface area contributed by atoms with E-state index in [0.717, 1.165) is 70.7 Å². The number of ketones is 1. The van der Waals surface area contributed by atoms with Crippen molar-refractivity contribution in [1.82, 2.24) is 39.8 Å². The molecule has 11 rings (SSSR count). The third-order valence-corrected chi connectivity index (χ3v) is 13.1. The molecule has 74 heavy (non-hydrogen) atoms. The number of H-pyrrole nitrogens is 1. The number of halogens is 1. The van der Waals surface area contributed by atoms with Gasteiger partial charge >= 0.3 is 29.1 Å². The van der Waals surface area contributed by atoms with Crippen LogP contribution in [0.25, 0.3) is 44.3 Å². The van der Waals surface area contributed by atoms with Gasteiger partial charge in [-0.2, -0.15) is 18.2 Å². The fourth-order valence-corrected chi connectivity index (χ4v) is 9.15. The van der Waals surface area contributed by atoms with Crippen molar-refractivity contribution in [1.29, 1.82) is 0 Å². The number of aromatic amines is 1. The average Bonchev–Trinajstić information content (AvgIpc) is 4.21. The molecular formula is C55H61BrMgN8O9. The van der Waals surface area contributed by atoms with Gasteiger partial charge in [-0.3, -0.25) is 9.78 Å². The number of fused-ring (bicyclic) bond motifs is 2. The van der Waals surface area contributed by atoms with Gasteiger partial charge in [0.1, 0.15) is 40.4 Å². The summed E-state index contributed by atoms with van der Waals surface area (Å²) < 4.78 is 23.5. The van der Waals surface area contributed by atoms with E-state index in [2.05, 4.69) is 31.5 Å². The molecule has 2 aliphatic carbocycles. The van der Waals surface area contributed by atoms with Crippen LogP contribution in [0.15, 0.2) is 69.7 Å². The minimum Gasteiger partial charge on any atom is -1.00 e. The van der Waals surface area contributed by atoms with E-state index in [-0.39, 0.29) is 64.8 Å². The molecule has 3 aliphatic rings. The van der Waals surface area contributed by atoms with Crippen molar-refractivity contribution in [2.24, 2.45) is 0 Å². The van der Waals surface area contributed by atoms with Crippen LogP contribution in [0.4, 0.5) is 4.79 Å². The van der Waals surface area contributed by atoms with Crippen LogP contribution < -0.4 is 17.0 Å². The molecule has 4 N–H and O–H groups in total. The van der Waals surface area contributed by atoms with Crippen molar-refractivity contribution in [3.05, 3.63) is 130 Å². The Bertz CT molecular complexity index is 3260. The number of hydrogen-bond acceptors (Lipinski definition) is 15. The van der Waals surface area contributed by atoms with Crippen molar-refractivity contribution < 1.29 is 60.4 Å². The van der Waals surface area contributed by atoms with Gasteiger partial charge in [0.05, 0.1) is 46.3 Å². The van der Waals surface area contributed by atoms with Crippen LogP contribution in [0, 0.1) is 47.7 Å². The largest absolute Gasteiger partial charge is 2.00 e. The number of carbonyl (C=O) groups excluding carboxylic acids is 2. The maximum Gasteiger partial charge on any atom is 2.00 e. The van der Waals surface area contributed by atoms with Crippen LogP contribution in [0.5, 0.6) is 0 Å². The fraction of sp³-hybridized carbons (Fsp3) is 0.418. The molecule has 0 amide bonds. The van der Waals surface area contributed by atoms with Crippen LogP contribution >= 0.6 is 0 Å². The summed E-state index contributed by atoms with van der Waals surface area (Å²) in [4.78, 5) is 48.0. The van der Waals surface area contributed by atoms with Gasteiger partial charge in [0.25, 0.3) is 0 Å². The van der Waals surface area contributed by atoms with Gasteiger partial charge in [0.2, 0.25) is 0 Å². The van der Waals surface area contributed by atoms with E-state index in [1.165, 1.54) is 0 Å². The second kappa shape index (κ2) is 22.7. The number of aromatic nitrogens is 8. The molecule has 3 fully saturated rings. The summed E-state index contributed by atoms with van der Waals surface area (Å²) in [6, 6.07) is 18.5. The molecule has 0 radical (unpaired) electrons. The quantitative estimate of drug-likeness (QED) is 0.0646. The summed E-state index contributed by atoms with van der Waals surface area (Å²) >= 11 is 0. The van der Waals surface area contributed by atoms with Crippen molar-refractivity contribution in [3.63, 3.8) is 0 Å². The van der Waals surface area contributed by atoms with E-state index in [1.807, 2.05) is 105 Å². The number of aliphatic hydroxyl groups excluding tert-OH is 2. The van der Waals surface area contributed by atoms with Crippen molar-refractivity contribution in [2.45, 2.75) is 136 Å². The van der Waals surface area contributed by atoms with E-state index < -0.39 is 29.5 Å². The van der Waals surface area contributed by atoms with Gasteiger partial charge in [-0.15, -0.1) is 0 Å². The number of aliphatic hydroxyl groups is 3. The molecule has 384 valence electrons. The van der Waals surface area contributed by atoms with Crippen LogP contribution in [0.1, 0.15) is 139 Å². The first-order valence-electron chi connectivity index (χ1n) is 24.5. The van der Waals surface area contributed by atoms with E-state index >= 15 is 0 Å². The second-order valence-electron chi connectivity index (χ2n) is 20.0. The predicted molar refractivity (Wildman–Crippen MR) is 273 cm³/mol. The molecule has 2 aromatic carbocycles. The Balaban J connectivity index is 0.000000186. The number of benzene rings is 2. The average molecular weight is 1080 g/mol. The van der Waals surface area contributed by atoms with Crippen molar-refractivity contribution in [3.8, 4) is 22.3 Å². The third-order valence-electron chi connectivity index (χ3n) is 13.1. The Morgan fingerprint density at radius 2 is 1.47 bits per heavy atom. The number of ether oxygens (including phenoxy) is 2. The molecule has 7 heterocycles. The second-order valence-corrected chi connectivity index (χ2v) is 20.0. The first kappa shape index (κ1) is 56.1. The Morgan fingerprint density at radius 3 is 1.97 bits per heavy atom. The van der Waals surface area contributed by atoms with E-state index in [9.17, 15) is 24.9 Å². The van der Waals surface area contributed by atoms with Gasteiger partial charge in [-0.1, -0.05) is 35.2 Å². The van der Waals surface area contributed by atoms with E-state index in [1.54, 1.807) is 22.8 Å². The molecule has 0 spiro atoms. The number of pyridine rings is 2. The minimum atomic E-state index is -1.89. The normalized spacial score (nSPS) is 16.4. The summed E-state index contributed by atoms with van der Waals surface area (Å²) in [6.07, 6.45) is 5.15. The van der Waals surface area contributed by atoms with Gasteiger partial charge in [0, 0.05) is 52.8 Å². The topological polar surface area (TPSA) is 238 Å².